The Balaban J connectivity index is -0.000000301. The van der Waals surface area contributed by atoms with Gasteiger partial charge in [-0.1, -0.05) is 129 Å². The largest absolute Gasteiger partial charge is 1.00 e. The zero-order chi connectivity index (χ0) is 76.6. The second kappa shape index (κ2) is 80.2. The average Bonchev–Trinajstić information content (AvgIpc) is 0.865. The summed E-state index contributed by atoms with van der Waals surface area (Å²) in [4.78, 5) is 67.8. The molecular weight excluding hydrogens is 1560 g/mol. The fourth-order valence-corrected chi connectivity index (χ4v) is 15.3. The van der Waals surface area contributed by atoms with Crippen LogP contribution in [0.2, 0.25) is 0 Å². The van der Waals surface area contributed by atoms with E-state index in [1.54, 1.807) is 6.08 Å². The summed E-state index contributed by atoms with van der Waals surface area (Å²) in [6.07, 6.45) is 29.3. The van der Waals surface area contributed by atoms with Crippen LogP contribution in [0, 0.1) is 0 Å². The minimum Gasteiger partial charge on any atom is -1.00 e. The van der Waals surface area contributed by atoms with Crippen LogP contribution >= 0.6 is 12.4 Å². The van der Waals surface area contributed by atoms with E-state index >= 15 is 0 Å². The second-order valence-electron chi connectivity index (χ2n) is 28.6. The molecule has 31 heteroatoms. The molecule has 116 heavy (non-hydrogen) atoms. The number of hydrogen-bond acceptors (Lipinski definition) is 27. The van der Waals surface area contributed by atoms with Crippen LogP contribution in [-0.2, 0) is 75.2 Å². The van der Waals surface area contributed by atoms with Gasteiger partial charge < -0.3 is 81.6 Å². The van der Waals surface area contributed by atoms with Gasteiger partial charge >= 0.3 is 115 Å². The van der Waals surface area contributed by atoms with E-state index in [0.29, 0.717) is 43.2 Å². The first kappa shape index (κ1) is 123. The topological polar surface area (TPSA) is 349 Å². The molecule has 28 nitrogen and oxygen atoms in total. The molecule has 6 aliphatic heterocycles. The van der Waals surface area contributed by atoms with Gasteiger partial charge in [0.15, 0.2) is 5.78 Å². The molecule has 0 radical (unpaired) electrons. The molecule has 6 heterocycles. The number of hydrogen-bond donors (Lipinski definition) is 7. The number of esters is 1. The molecule has 2 aromatic carbocycles. The summed E-state index contributed by atoms with van der Waals surface area (Å²) in [5, 5.41) is 36.6. The summed E-state index contributed by atoms with van der Waals surface area (Å²) in [7, 11) is 2.09. The first-order valence-corrected chi connectivity index (χ1v) is 39.8. The number of carbonyl (C=O) groups excluding carboxylic acids is 5. The molecule has 6 aliphatic carbocycles. The molecule has 0 aromatic heterocycles. The smallest absolute Gasteiger partial charge is 1.00 e. The van der Waals surface area contributed by atoms with Gasteiger partial charge in [-0.25, -0.2) is 10.7 Å². The van der Waals surface area contributed by atoms with Crippen LogP contribution in [-0.4, -0.2) is 284 Å². The maximum absolute atomic E-state index is 12.0. The van der Waals surface area contributed by atoms with Crippen molar-refractivity contribution in [3.05, 3.63) is 83.9 Å². The number of benzene rings is 2. The number of allylic oxidation sites excluding steroid dienone is 2. The third-order valence-electron chi connectivity index (χ3n) is 21.1. The van der Waals surface area contributed by atoms with Gasteiger partial charge in [-0.05, 0) is 133 Å². The van der Waals surface area contributed by atoms with Crippen LogP contribution in [0.5, 0.6) is 0 Å². The standard InChI is InChI=1S/C18H26N2O3.C11H22N2O.C10H18N2O2.C10H20N2O.C10H17NO2.C9H10O2.C6H8O.C4H9NO.CH2O3.6CH4.ClH.2K.H3NO.H/c21-18(23-14-15-5-2-1-3-6-15)19-16-7-4-8-17(13-16)20-9-11-22-12-10-20;1-12-10-3-2-4-11(9-10)13-5-7-14-8-6-13;13-11-9-2-1-3-10(8-9)12-4-6-14-7-5-12;11-9-2-1-3-10(8-9)12-4-6-13-7-5-12;12-10-3-1-2-9(8-10)11-4-6-13-7-5-11;1-8(10)11-7-9-5-3-2-4-6-9;7-6-4-2-1-3-5-6;1-3-6-4-2-5-1;2-1-4-3;;;;;;;;;;1-2;/h1-3,5-6,16-17H,4,7-14H2,(H,19,21);10-12H,2-9H2,1H3;10,13H,1-8H2;9-10H,1-8,11H2;9H,1-8H2;2-6H,7H2,1H3;2,4H,1,3,5H2;5H,1-4H2;1,3H;6*1H4;1H;;;2H,1H2;/q;;;;;;;;;;;;;;;;2*+1;;-1/p-1/b;;11-9+;;;;;;;;;;;;;;;;;. The van der Waals surface area contributed by atoms with Crippen molar-refractivity contribution in [3.8, 4) is 0 Å². The number of nitrogens with two attached hydrogens (primary N) is 2. The molecule has 12 aliphatic rings. The minimum absolute atomic E-state index is 0. The van der Waals surface area contributed by atoms with Crippen molar-refractivity contribution in [2.75, 3.05) is 165 Å². The van der Waals surface area contributed by atoms with E-state index < -0.39 is 0 Å². The zero-order valence-corrected chi connectivity index (χ0v) is 74.1. The number of nitrogens with zero attached hydrogens (tertiary/aromatic N) is 6. The molecule has 9 N–H and O–H groups in total. The molecule has 666 valence electrons. The van der Waals surface area contributed by atoms with E-state index in [0.717, 1.165) is 270 Å². The first-order valence-electron chi connectivity index (χ1n) is 39.8. The van der Waals surface area contributed by atoms with Crippen molar-refractivity contribution >= 4 is 48.2 Å². The van der Waals surface area contributed by atoms with Crippen LogP contribution in [0.1, 0.15) is 212 Å². The van der Waals surface area contributed by atoms with Gasteiger partial charge in [0, 0.05) is 159 Å². The van der Waals surface area contributed by atoms with Crippen molar-refractivity contribution in [1.29, 1.82) is 0 Å². The molecule has 2 aromatic rings. The number of rotatable bonds is 12. The van der Waals surface area contributed by atoms with Crippen LogP contribution < -0.4 is 136 Å². The molecule has 8 unspecified atom stereocenters. The Morgan fingerprint density at radius 2 is 0.922 bits per heavy atom. The van der Waals surface area contributed by atoms with E-state index in [1.807, 2.05) is 66.7 Å². The number of nitrogens with one attached hydrogen (secondary N) is 3. The number of carbonyl (C=O) groups is 5. The molecule has 1 amide bonds. The number of morpholine rings is 6. The summed E-state index contributed by atoms with van der Waals surface area (Å²) in [5.41, 5.74) is 8.97. The van der Waals surface area contributed by atoms with Crippen molar-refractivity contribution in [2.24, 2.45) is 16.8 Å². The molecular formula is C85H160ClK2N11O17. The number of oxime groups is 1. The summed E-state index contributed by atoms with van der Waals surface area (Å²) in [5.74, 6) is 3.99. The van der Waals surface area contributed by atoms with Gasteiger partial charge in [-0.3, -0.25) is 43.7 Å². The molecule has 6 saturated heterocycles. The Morgan fingerprint density at radius 1 is 0.543 bits per heavy atom. The summed E-state index contributed by atoms with van der Waals surface area (Å²) >= 11 is 0. The molecule has 0 bridgehead atoms. The quantitative estimate of drug-likeness (QED) is 0.0378. The maximum atomic E-state index is 12.0. The van der Waals surface area contributed by atoms with Gasteiger partial charge in [0.05, 0.1) is 85.0 Å². The number of ether oxygens (including phenoxy) is 8. The summed E-state index contributed by atoms with van der Waals surface area (Å²) in [6.45, 7) is 25.1. The zero-order valence-electron chi connectivity index (χ0n) is 68.0. The molecule has 8 atom stereocenters. The Morgan fingerprint density at radius 3 is 1.28 bits per heavy atom. The third-order valence-corrected chi connectivity index (χ3v) is 21.1. The first-order chi connectivity index (χ1) is 52.4. The summed E-state index contributed by atoms with van der Waals surface area (Å²) < 4.78 is 41.9. The normalized spacial score (nSPS) is 24.8. The van der Waals surface area contributed by atoms with Crippen LogP contribution in [0.15, 0.2) is 78.0 Å². The fraction of sp³-hybridized carbons (Fsp3) is 0.765. The number of alkyl carbamates (subject to hydrolysis) is 1. The van der Waals surface area contributed by atoms with E-state index in [-0.39, 0.29) is 192 Å². The maximum Gasteiger partial charge on any atom is 1.00 e. The molecule has 14 rings (SSSR count). The second-order valence-corrected chi connectivity index (χ2v) is 28.6. The number of Topliss-reactive ketones (excluding diaryl/α,β-unsaturated/α-hetero) is 1. The molecule has 0 spiro atoms. The van der Waals surface area contributed by atoms with E-state index in [1.165, 1.54) is 77.6 Å². The number of halogens is 1. The Kier molecular flexibility index (Phi) is 84.8. The third kappa shape index (κ3) is 56.0. The Labute approximate surface area is 793 Å². The van der Waals surface area contributed by atoms with Gasteiger partial charge in [0.1, 0.15) is 19.0 Å². The molecule has 11 fully saturated rings. The average molecular weight is 1720 g/mol. The van der Waals surface area contributed by atoms with E-state index in [2.05, 4.69) is 63.4 Å². The predicted octanol–water partition coefficient (Wildman–Crippen LogP) is 4.69. The van der Waals surface area contributed by atoms with Crippen LogP contribution in [0.25, 0.3) is 0 Å². The minimum atomic E-state index is -0.304. The Hall–Kier alpha value is -1.92. The van der Waals surface area contributed by atoms with Gasteiger partial charge in [-0.15, -0.1) is 12.4 Å². The van der Waals surface area contributed by atoms with Crippen molar-refractivity contribution in [1.82, 2.24) is 40.4 Å². The monoisotopic (exact) mass is 1720 g/mol. The van der Waals surface area contributed by atoms with Crippen molar-refractivity contribution < 1.29 is 187 Å². The van der Waals surface area contributed by atoms with Crippen molar-refractivity contribution in [2.45, 2.75) is 261 Å². The van der Waals surface area contributed by atoms with Crippen LogP contribution in [0.3, 0.4) is 0 Å². The van der Waals surface area contributed by atoms with Gasteiger partial charge in [0.2, 0.25) is 0 Å². The fourth-order valence-electron chi connectivity index (χ4n) is 15.3. The van der Waals surface area contributed by atoms with E-state index in [9.17, 15) is 19.2 Å². The van der Waals surface area contributed by atoms with Gasteiger partial charge in [0.25, 0.3) is 6.47 Å². The van der Waals surface area contributed by atoms with E-state index in [4.69, 9.17) is 64.1 Å². The molecule has 5 saturated carbocycles. The van der Waals surface area contributed by atoms with Crippen LogP contribution in [0.4, 0.5) is 4.79 Å². The Bertz CT molecular complexity index is 2670. The van der Waals surface area contributed by atoms with Crippen molar-refractivity contribution in [3.63, 3.8) is 0 Å². The number of amides is 1. The van der Waals surface area contributed by atoms with Gasteiger partial charge in [-0.2, -0.15) is 0 Å². The SMILES string of the molecule is C.C.C.C.C.C.C1COCCN1.CC(=O)OCc1ccccc1.CNC1CCCC(N2CCOCC2)C1.Cl.NC1CCCC(N2CCOCC2)C1.NO.O/N=C1\CCCC(N2CCOCC2)C1.O=C(NC1CCCC(N2CCOCC2)C1)OCc1ccccc1.O=C1C=CCCC1.O=C1CCCC(N2CCOCC2)C1.O=CO[O-].[H-].[K+].[K+]. The predicted molar refractivity (Wildman–Crippen MR) is 457 cm³/mol. The summed E-state index contributed by atoms with van der Waals surface area (Å²) in [6, 6.07) is 24.0. The number of ketones is 2.